The number of hydrogen-bond acceptors (Lipinski definition) is 1. The fourth-order valence-electron chi connectivity index (χ4n) is 2.14. The van der Waals surface area contributed by atoms with Gasteiger partial charge in [0.25, 0.3) is 5.92 Å². The van der Waals surface area contributed by atoms with Crippen LogP contribution in [0.1, 0.15) is 19.3 Å². The maximum Gasteiger partial charge on any atom is 0.425 e. The fraction of sp³-hybridized carbons (Fsp3) is 0.800. The number of hydrogen-bond donors (Lipinski definition) is 1. The second-order valence-electron chi connectivity index (χ2n) is 4.80. The molecule has 0 amide bonds. The van der Waals surface area contributed by atoms with E-state index >= 15 is 0 Å². The van der Waals surface area contributed by atoms with Crippen molar-refractivity contribution in [2.75, 3.05) is 0 Å². The lowest BCUT2D eigenvalue weighted by Crippen LogP contribution is -2.56. The lowest BCUT2D eigenvalue weighted by Gasteiger charge is -2.35. The highest BCUT2D eigenvalue weighted by atomic mass is 19.4. The third-order valence-corrected chi connectivity index (χ3v) is 3.12. The van der Waals surface area contributed by atoms with Gasteiger partial charge in [-0.3, -0.25) is 0 Å². The normalized spacial score (nSPS) is 34.2. The summed E-state index contributed by atoms with van der Waals surface area (Å²) in [6.07, 6.45) is -13.6. The lowest BCUT2D eigenvalue weighted by molar-refractivity contribution is -0.273. The molecule has 2 unspecified atom stereocenters. The van der Waals surface area contributed by atoms with Gasteiger partial charge in [0.05, 0.1) is 12.8 Å². The Labute approximate surface area is 107 Å². The summed E-state index contributed by atoms with van der Waals surface area (Å²) >= 11 is 0. The summed E-state index contributed by atoms with van der Waals surface area (Å²) in [7, 11) is 0. The predicted molar refractivity (Wildman–Crippen MR) is 49.2 cm³/mol. The standard InChI is InChI=1S/C10H9F9O/c1-5(20)8(14,15)3-6(11)2-7(12,13)4-9(6,16)10(17,18)19/h20H,1-4H2. The Morgan fingerprint density at radius 2 is 1.45 bits per heavy atom. The topological polar surface area (TPSA) is 20.2 Å². The summed E-state index contributed by atoms with van der Waals surface area (Å²) in [6, 6.07) is 0. The summed E-state index contributed by atoms with van der Waals surface area (Å²) in [4.78, 5) is 0. The molecule has 1 rings (SSSR count). The first-order valence-electron chi connectivity index (χ1n) is 5.15. The van der Waals surface area contributed by atoms with Gasteiger partial charge in [0.2, 0.25) is 5.67 Å². The Kier molecular flexibility index (Phi) is 3.56. The second-order valence-corrected chi connectivity index (χ2v) is 4.80. The highest BCUT2D eigenvalue weighted by molar-refractivity contribution is 5.18. The van der Waals surface area contributed by atoms with E-state index < -0.39 is 54.4 Å². The molecule has 1 N–H and O–H groups in total. The van der Waals surface area contributed by atoms with E-state index in [1.807, 2.05) is 0 Å². The molecule has 118 valence electrons. The number of allylic oxidation sites excluding steroid dienone is 1. The molecule has 20 heavy (non-hydrogen) atoms. The summed E-state index contributed by atoms with van der Waals surface area (Å²) in [5.74, 6) is -11.1. The zero-order valence-corrected chi connectivity index (χ0v) is 9.68. The quantitative estimate of drug-likeness (QED) is 0.601. The van der Waals surface area contributed by atoms with E-state index in [0.717, 1.165) is 0 Å². The van der Waals surface area contributed by atoms with Gasteiger partial charge in [-0.2, -0.15) is 22.0 Å². The molecule has 0 radical (unpaired) electrons. The van der Waals surface area contributed by atoms with E-state index in [1.165, 1.54) is 0 Å². The molecule has 0 aromatic rings. The third kappa shape index (κ3) is 2.56. The van der Waals surface area contributed by atoms with Crippen LogP contribution < -0.4 is 0 Å². The molecular weight excluding hydrogens is 307 g/mol. The van der Waals surface area contributed by atoms with Gasteiger partial charge in [0.15, 0.2) is 11.4 Å². The average molecular weight is 316 g/mol. The van der Waals surface area contributed by atoms with Crippen molar-refractivity contribution in [1.82, 2.24) is 0 Å². The van der Waals surface area contributed by atoms with Crippen molar-refractivity contribution >= 4 is 0 Å². The minimum atomic E-state index is -6.10. The molecule has 0 heterocycles. The highest BCUT2D eigenvalue weighted by Gasteiger charge is 2.79. The maximum atomic E-state index is 14.0. The molecule has 0 aromatic carbocycles. The van der Waals surface area contributed by atoms with E-state index in [4.69, 9.17) is 5.11 Å². The Morgan fingerprint density at radius 1 is 1.00 bits per heavy atom. The first-order valence-corrected chi connectivity index (χ1v) is 5.15. The Morgan fingerprint density at radius 3 is 1.80 bits per heavy atom. The smallest absolute Gasteiger partial charge is 0.425 e. The van der Waals surface area contributed by atoms with E-state index in [9.17, 15) is 39.5 Å². The minimum absolute atomic E-state index is 2.03. The van der Waals surface area contributed by atoms with Crippen molar-refractivity contribution in [2.45, 2.75) is 48.6 Å². The minimum Gasteiger partial charge on any atom is -0.507 e. The third-order valence-electron chi connectivity index (χ3n) is 3.12. The van der Waals surface area contributed by atoms with Crippen molar-refractivity contribution in [2.24, 2.45) is 0 Å². The molecule has 0 aromatic heterocycles. The van der Waals surface area contributed by atoms with Gasteiger partial charge in [-0.1, -0.05) is 6.58 Å². The van der Waals surface area contributed by atoms with Gasteiger partial charge in [0, 0.05) is 6.42 Å². The van der Waals surface area contributed by atoms with Crippen LogP contribution in [-0.2, 0) is 0 Å². The largest absolute Gasteiger partial charge is 0.507 e. The Balaban J connectivity index is 3.28. The summed E-state index contributed by atoms with van der Waals surface area (Å²) in [5, 5.41) is 8.46. The molecule has 1 fully saturated rings. The van der Waals surface area contributed by atoms with Crippen LogP contribution in [0.25, 0.3) is 0 Å². The number of aliphatic hydroxyl groups is 1. The van der Waals surface area contributed by atoms with Crippen LogP contribution in [0.5, 0.6) is 0 Å². The van der Waals surface area contributed by atoms with Crippen molar-refractivity contribution < 1.29 is 44.6 Å². The van der Waals surface area contributed by atoms with Crippen molar-refractivity contribution in [3.63, 3.8) is 0 Å². The van der Waals surface area contributed by atoms with Gasteiger partial charge in [-0.25, -0.2) is 17.6 Å². The van der Waals surface area contributed by atoms with Gasteiger partial charge in [-0.05, 0) is 0 Å². The van der Waals surface area contributed by atoms with Gasteiger partial charge in [0.1, 0.15) is 0 Å². The van der Waals surface area contributed by atoms with Crippen LogP contribution in [-0.4, -0.2) is 34.5 Å². The van der Waals surface area contributed by atoms with Crippen LogP contribution >= 0.6 is 0 Å². The Hall–Kier alpha value is -1.09. The number of rotatable bonds is 3. The van der Waals surface area contributed by atoms with Crippen molar-refractivity contribution in [3.05, 3.63) is 12.3 Å². The monoisotopic (exact) mass is 316 g/mol. The zero-order valence-electron chi connectivity index (χ0n) is 9.68. The van der Waals surface area contributed by atoms with E-state index in [0.29, 0.717) is 0 Å². The van der Waals surface area contributed by atoms with Crippen molar-refractivity contribution in [1.29, 1.82) is 0 Å². The second kappa shape index (κ2) is 4.20. The molecule has 10 heteroatoms. The van der Waals surface area contributed by atoms with Crippen LogP contribution in [0.3, 0.4) is 0 Å². The van der Waals surface area contributed by atoms with Gasteiger partial charge in [-0.15, -0.1) is 0 Å². The van der Waals surface area contributed by atoms with Crippen LogP contribution in [0, 0.1) is 0 Å². The zero-order chi connectivity index (χ0) is 16.2. The van der Waals surface area contributed by atoms with Gasteiger partial charge < -0.3 is 5.11 Å². The molecule has 0 aliphatic heterocycles. The maximum absolute atomic E-state index is 14.0. The first kappa shape index (κ1) is 17.0. The molecule has 0 saturated heterocycles. The molecule has 0 bridgehead atoms. The fourth-order valence-corrected chi connectivity index (χ4v) is 2.14. The summed E-state index contributed by atoms with van der Waals surface area (Å²) < 4.78 is 117. The van der Waals surface area contributed by atoms with Crippen LogP contribution in [0.15, 0.2) is 12.3 Å². The molecule has 1 aliphatic rings. The SMILES string of the molecule is C=C(O)C(F)(F)CC1(F)CC(F)(F)CC1(F)C(F)(F)F. The van der Waals surface area contributed by atoms with Crippen LogP contribution in [0.2, 0.25) is 0 Å². The predicted octanol–water partition coefficient (Wildman–Crippen LogP) is 4.49. The molecule has 2 atom stereocenters. The number of halogens is 9. The Bertz CT molecular complexity index is 415. The van der Waals surface area contributed by atoms with Crippen molar-refractivity contribution in [3.8, 4) is 0 Å². The molecule has 1 nitrogen and oxygen atoms in total. The number of aliphatic hydroxyl groups excluding tert-OH is 1. The van der Waals surface area contributed by atoms with Gasteiger partial charge >= 0.3 is 12.1 Å². The lowest BCUT2D eigenvalue weighted by atomic mass is 9.83. The first-order chi connectivity index (χ1) is 8.56. The van der Waals surface area contributed by atoms with Crippen LogP contribution in [0.4, 0.5) is 39.5 Å². The molecule has 0 spiro atoms. The van der Waals surface area contributed by atoms with E-state index in [-0.39, 0.29) is 0 Å². The summed E-state index contributed by atoms with van der Waals surface area (Å²) in [6.45, 7) is 2.29. The van der Waals surface area contributed by atoms with E-state index in [1.54, 1.807) is 0 Å². The molecular formula is C10H9F9O. The number of alkyl halides is 9. The van der Waals surface area contributed by atoms with E-state index in [2.05, 4.69) is 6.58 Å². The average Bonchev–Trinajstić information content (AvgIpc) is 2.29. The summed E-state index contributed by atoms with van der Waals surface area (Å²) in [5.41, 5.74) is -9.72. The highest BCUT2D eigenvalue weighted by Crippen LogP contribution is 2.62. The molecule has 1 saturated carbocycles. The molecule has 1 aliphatic carbocycles.